The predicted molar refractivity (Wildman–Crippen MR) is 303 cm³/mol. The van der Waals surface area contributed by atoms with Crippen LogP contribution < -0.4 is 5.32 Å². The van der Waals surface area contributed by atoms with Gasteiger partial charge in [-0.15, -0.1) is 0 Å². The molecule has 1 aliphatic rings. The lowest BCUT2D eigenvalue weighted by molar-refractivity contribution is -0.302. The van der Waals surface area contributed by atoms with Crippen LogP contribution in [0.2, 0.25) is 0 Å². The summed E-state index contributed by atoms with van der Waals surface area (Å²) in [6, 6.07) is -0.818. The molecule has 1 rings (SSSR count). The second-order valence-electron chi connectivity index (χ2n) is 18.6. The lowest BCUT2D eigenvalue weighted by Gasteiger charge is -2.40. The van der Waals surface area contributed by atoms with Crippen LogP contribution in [-0.4, -0.2) is 87.5 Å². The molecule has 1 saturated heterocycles. The molecule has 0 aromatic carbocycles. The molecule has 0 saturated carbocycles. The summed E-state index contributed by atoms with van der Waals surface area (Å²) in [5.74, 6) is -0.199. The number of allylic oxidation sites excluding steroid dienone is 23. The van der Waals surface area contributed by atoms with Crippen molar-refractivity contribution in [3.8, 4) is 0 Å². The van der Waals surface area contributed by atoms with E-state index in [1.54, 1.807) is 6.08 Å². The highest BCUT2D eigenvalue weighted by Crippen LogP contribution is 2.22. The van der Waals surface area contributed by atoms with E-state index in [0.29, 0.717) is 6.42 Å². The van der Waals surface area contributed by atoms with Crippen molar-refractivity contribution in [2.45, 2.75) is 230 Å². The first-order chi connectivity index (χ1) is 35.3. The molecule has 0 spiro atoms. The molecule has 1 fully saturated rings. The number of ether oxygens (including phenoxy) is 2. The standard InChI is InChI=1S/C63H101NO8/c1-3-5-7-9-11-13-14-15-16-17-18-19-20-21-22-23-24-25-26-27-28-29-30-31-32-33-34-35-36-37-38-39-40-41-42-43-44-45-47-49-51-53-59(67)64-56(57(66)52-50-48-46-12-10-8-6-4-2)55-71-63-62(70)61(69)60(68)58(54-65)72-63/h5,7,11,13,15-16,18-19,21-22,24-25,27-28,30-31,33-34,36-37,39-40,50,52,56-58,60-63,65-66,68-70H,3-4,6,8-10,12,14,17,20,23,26,29,32,35,38,41-49,51,53-55H2,1-2H3,(H,64,67)/b7-5-,13-11-,16-15-,19-18-,22-21-,25-24-,28-27-,31-30-,34-33-,37-36-,40-39-,52-50+. The maximum Gasteiger partial charge on any atom is 0.220 e. The fourth-order valence-corrected chi connectivity index (χ4v) is 7.75. The van der Waals surface area contributed by atoms with Crippen LogP contribution in [0.5, 0.6) is 0 Å². The van der Waals surface area contributed by atoms with Gasteiger partial charge < -0.3 is 40.3 Å². The minimum Gasteiger partial charge on any atom is -0.394 e. The number of carbonyl (C=O) groups excluding carboxylic acids is 1. The van der Waals surface area contributed by atoms with E-state index in [-0.39, 0.29) is 12.5 Å². The van der Waals surface area contributed by atoms with Gasteiger partial charge in [-0.05, 0) is 103 Å². The number of rotatable bonds is 45. The van der Waals surface area contributed by atoms with Crippen LogP contribution in [-0.2, 0) is 14.3 Å². The van der Waals surface area contributed by atoms with Crippen molar-refractivity contribution in [2.24, 2.45) is 0 Å². The van der Waals surface area contributed by atoms with E-state index in [1.807, 2.05) is 6.08 Å². The molecule has 6 N–H and O–H groups in total. The Morgan fingerprint density at radius 1 is 0.486 bits per heavy atom. The monoisotopic (exact) mass is 1000 g/mol. The van der Waals surface area contributed by atoms with Crippen molar-refractivity contribution in [3.05, 3.63) is 146 Å². The van der Waals surface area contributed by atoms with E-state index in [0.717, 1.165) is 122 Å². The van der Waals surface area contributed by atoms with Gasteiger partial charge in [0.2, 0.25) is 5.91 Å². The largest absolute Gasteiger partial charge is 0.394 e. The maximum absolute atomic E-state index is 13.0. The van der Waals surface area contributed by atoms with Crippen LogP contribution in [0.1, 0.15) is 187 Å². The van der Waals surface area contributed by atoms with Crippen molar-refractivity contribution >= 4 is 5.91 Å². The molecule has 9 heteroatoms. The molecule has 0 radical (unpaired) electrons. The van der Waals surface area contributed by atoms with Gasteiger partial charge in [-0.2, -0.15) is 0 Å². The Kier molecular flexibility index (Phi) is 46.4. The second-order valence-corrected chi connectivity index (χ2v) is 18.6. The van der Waals surface area contributed by atoms with E-state index < -0.39 is 49.5 Å². The molecule has 1 amide bonds. The normalized spacial score (nSPS) is 20.3. The van der Waals surface area contributed by atoms with Gasteiger partial charge in [0.15, 0.2) is 6.29 Å². The minimum absolute atomic E-state index is 0.199. The smallest absolute Gasteiger partial charge is 0.220 e. The quantitative estimate of drug-likeness (QED) is 0.0261. The topological polar surface area (TPSA) is 149 Å². The van der Waals surface area contributed by atoms with Crippen molar-refractivity contribution in [1.29, 1.82) is 0 Å². The Labute approximate surface area is 438 Å². The summed E-state index contributed by atoms with van der Waals surface area (Å²) < 4.78 is 11.2. The molecule has 7 atom stereocenters. The van der Waals surface area contributed by atoms with Gasteiger partial charge in [0, 0.05) is 6.42 Å². The average Bonchev–Trinajstić information content (AvgIpc) is 3.38. The first kappa shape index (κ1) is 66.1. The summed E-state index contributed by atoms with van der Waals surface area (Å²) in [6.07, 6.45) is 72.2. The highest BCUT2D eigenvalue weighted by Gasteiger charge is 2.44. The van der Waals surface area contributed by atoms with E-state index >= 15 is 0 Å². The highest BCUT2D eigenvalue weighted by atomic mass is 16.7. The molecule has 9 nitrogen and oxygen atoms in total. The molecule has 1 heterocycles. The Hall–Kier alpha value is -3.93. The van der Waals surface area contributed by atoms with Crippen molar-refractivity contribution in [2.75, 3.05) is 13.2 Å². The average molecular weight is 1000 g/mol. The third kappa shape index (κ3) is 39.6. The summed E-state index contributed by atoms with van der Waals surface area (Å²) in [4.78, 5) is 13.0. The minimum atomic E-state index is -1.57. The fourth-order valence-electron chi connectivity index (χ4n) is 7.75. The molecule has 1 aliphatic heterocycles. The highest BCUT2D eigenvalue weighted by molar-refractivity contribution is 5.76. The number of carbonyl (C=O) groups is 1. The van der Waals surface area contributed by atoms with Gasteiger partial charge in [-0.1, -0.05) is 224 Å². The van der Waals surface area contributed by atoms with Crippen LogP contribution in [0, 0.1) is 0 Å². The third-order valence-electron chi connectivity index (χ3n) is 12.2. The van der Waals surface area contributed by atoms with Crippen LogP contribution in [0.4, 0.5) is 0 Å². The summed E-state index contributed by atoms with van der Waals surface area (Å²) in [5, 5.41) is 54.1. The lowest BCUT2D eigenvalue weighted by Crippen LogP contribution is -2.60. The molecule has 406 valence electrons. The van der Waals surface area contributed by atoms with E-state index in [4.69, 9.17) is 9.47 Å². The van der Waals surface area contributed by atoms with Crippen LogP contribution in [0.15, 0.2) is 146 Å². The zero-order valence-corrected chi connectivity index (χ0v) is 44.9. The van der Waals surface area contributed by atoms with E-state index in [1.165, 1.54) is 44.9 Å². The zero-order chi connectivity index (χ0) is 52.2. The summed E-state index contributed by atoms with van der Waals surface area (Å²) in [7, 11) is 0. The number of hydrogen-bond acceptors (Lipinski definition) is 8. The fraction of sp³-hybridized carbons (Fsp3) is 0.603. The molecular formula is C63H101NO8. The zero-order valence-electron chi connectivity index (χ0n) is 44.9. The first-order valence-corrected chi connectivity index (χ1v) is 28.1. The van der Waals surface area contributed by atoms with Gasteiger partial charge in [-0.3, -0.25) is 4.79 Å². The maximum atomic E-state index is 13.0. The molecular weight excluding hydrogens is 899 g/mol. The third-order valence-corrected chi connectivity index (χ3v) is 12.2. The van der Waals surface area contributed by atoms with Crippen molar-refractivity contribution in [3.63, 3.8) is 0 Å². The molecule has 0 aromatic rings. The van der Waals surface area contributed by atoms with Gasteiger partial charge >= 0.3 is 0 Å². The SMILES string of the molecule is CC/C=C\C/C=C\C/C=C\C/C=C\C/C=C\C/C=C\C/C=C\C/C=C\C/C=C\C/C=C\C/C=C\CCCCCCCCCC(=O)NC(COC1OC(CO)C(O)C(O)C1O)C(O)/C=C/CCCCCCCC. The lowest BCUT2D eigenvalue weighted by atomic mass is 9.99. The number of aliphatic hydroxyl groups is 5. The van der Waals surface area contributed by atoms with Crippen LogP contribution >= 0.6 is 0 Å². The Morgan fingerprint density at radius 3 is 1.28 bits per heavy atom. The number of hydrogen-bond donors (Lipinski definition) is 6. The number of nitrogens with one attached hydrogen (secondary N) is 1. The summed E-state index contributed by atoms with van der Waals surface area (Å²) in [6.45, 7) is 3.58. The van der Waals surface area contributed by atoms with Crippen LogP contribution in [0.3, 0.4) is 0 Å². The van der Waals surface area contributed by atoms with E-state index in [2.05, 4.69) is 153 Å². The Bertz CT molecular complexity index is 1630. The number of unbranched alkanes of at least 4 members (excludes halogenated alkanes) is 13. The molecule has 0 bridgehead atoms. The molecule has 0 aliphatic carbocycles. The predicted octanol–water partition coefficient (Wildman–Crippen LogP) is 13.9. The Balaban J connectivity index is 2.12. The van der Waals surface area contributed by atoms with Crippen molar-refractivity contribution in [1.82, 2.24) is 5.32 Å². The van der Waals surface area contributed by atoms with Crippen LogP contribution in [0.25, 0.3) is 0 Å². The second kappa shape index (κ2) is 50.6. The van der Waals surface area contributed by atoms with E-state index in [9.17, 15) is 30.3 Å². The van der Waals surface area contributed by atoms with Gasteiger partial charge in [0.1, 0.15) is 24.4 Å². The number of aliphatic hydroxyl groups excluding tert-OH is 5. The summed E-state index contributed by atoms with van der Waals surface area (Å²) >= 11 is 0. The molecule has 7 unspecified atom stereocenters. The summed E-state index contributed by atoms with van der Waals surface area (Å²) in [5.41, 5.74) is 0. The van der Waals surface area contributed by atoms with Crippen molar-refractivity contribution < 1.29 is 39.8 Å². The molecule has 72 heavy (non-hydrogen) atoms. The Morgan fingerprint density at radius 2 is 0.861 bits per heavy atom. The van der Waals surface area contributed by atoms with Gasteiger partial charge in [0.25, 0.3) is 0 Å². The van der Waals surface area contributed by atoms with Gasteiger partial charge in [0.05, 0.1) is 25.4 Å². The number of amides is 1. The first-order valence-electron chi connectivity index (χ1n) is 28.1. The molecule has 0 aromatic heterocycles. The van der Waals surface area contributed by atoms with Gasteiger partial charge in [-0.25, -0.2) is 0 Å².